The molecule has 0 aromatic heterocycles. The number of fused-ring (bicyclic) bond motifs is 1. The lowest BCUT2D eigenvalue weighted by molar-refractivity contribution is -0.147. The Bertz CT molecular complexity index is 1650. The van der Waals surface area contributed by atoms with Crippen molar-refractivity contribution in [3.8, 4) is 11.5 Å². The molecule has 2 fully saturated rings. The third kappa shape index (κ3) is 5.94. The number of carboxylic acids is 2. The largest absolute Gasteiger partial charge is 0.497 e. The number of carbonyl (C=O) groups is 4. The maximum absolute atomic E-state index is 14.3. The highest BCUT2D eigenvalue weighted by atomic mass is 16.5. The monoisotopic (exact) mass is 650 g/mol. The predicted molar refractivity (Wildman–Crippen MR) is 175 cm³/mol. The van der Waals surface area contributed by atoms with Gasteiger partial charge in [-0.15, -0.1) is 0 Å². The van der Waals surface area contributed by atoms with Crippen LogP contribution in [0.5, 0.6) is 11.5 Å². The van der Waals surface area contributed by atoms with E-state index in [1.54, 1.807) is 109 Å². The number of nitrogens with one attached hydrogen (secondary N) is 2. The molecule has 2 aliphatic heterocycles. The zero-order valence-corrected chi connectivity index (χ0v) is 26.1. The van der Waals surface area contributed by atoms with Gasteiger partial charge < -0.3 is 30.3 Å². The Morgan fingerprint density at radius 2 is 0.875 bits per heavy atom. The highest BCUT2D eigenvalue weighted by molar-refractivity contribution is 6.01. The maximum atomic E-state index is 14.3. The van der Waals surface area contributed by atoms with Crippen molar-refractivity contribution in [3.63, 3.8) is 0 Å². The second-order valence-corrected chi connectivity index (χ2v) is 11.5. The molecule has 4 N–H and O–H groups in total. The first-order valence-electron chi connectivity index (χ1n) is 15.3. The number of carbonyl (C=O) groups excluding carboxylic acids is 2. The number of carboxylic acid groups (broad SMARTS) is 2. The highest BCUT2D eigenvalue weighted by Crippen LogP contribution is 2.55. The molecular weight excluding hydrogens is 616 g/mol. The molecule has 2 saturated heterocycles. The number of para-hydroxylation sites is 2. The minimum atomic E-state index is -1.43. The third-order valence-corrected chi connectivity index (χ3v) is 8.87. The summed E-state index contributed by atoms with van der Waals surface area (Å²) < 4.78 is 10.7. The lowest BCUT2D eigenvalue weighted by Crippen LogP contribution is -2.48. The summed E-state index contributed by atoms with van der Waals surface area (Å²) in [6.07, 6.45) is 0. The van der Waals surface area contributed by atoms with Crippen molar-refractivity contribution in [2.24, 2.45) is 11.8 Å². The van der Waals surface area contributed by atoms with E-state index >= 15 is 0 Å². The number of methoxy groups -OCH3 is 2. The quantitative estimate of drug-likeness (QED) is 0.193. The Morgan fingerprint density at radius 1 is 0.542 bits per heavy atom. The molecule has 12 heteroatoms. The van der Waals surface area contributed by atoms with E-state index in [4.69, 9.17) is 9.47 Å². The van der Waals surface area contributed by atoms with E-state index in [-0.39, 0.29) is 0 Å². The number of aliphatic carboxylic acids is 2. The van der Waals surface area contributed by atoms with Gasteiger partial charge in [0.25, 0.3) is 0 Å². The third-order valence-electron chi connectivity index (χ3n) is 8.87. The molecule has 0 aliphatic carbocycles. The molecule has 0 saturated carbocycles. The summed E-state index contributed by atoms with van der Waals surface area (Å²) in [6, 6.07) is 25.3. The number of hydrazine groups is 1. The number of hydrogen-bond donors (Lipinski definition) is 4. The summed E-state index contributed by atoms with van der Waals surface area (Å²) in [5, 5.41) is 30.3. The summed E-state index contributed by atoms with van der Waals surface area (Å²) in [6.45, 7) is 0. The summed E-state index contributed by atoms with van der Waals surface area (Å²) in [4.78, 5) is 55.3. The van der Waals surface area contributed by atoms with E-state index in [0.29, 0.717) is 34.0 Å². The van der Waals surface area contributed by atoms with Gasteiger partial charge in [0.15, 0.2) is 0 Å². The van der Waals surface area contributed by atoms with E-state index in [0.717, 1.165) is 0 Å². The van der Waals surface area contributed by atoms with Crippen molar-refractivity contribution < 1.29 is 38.9 Å². The molecular formula is C36H34N4O8. The SMILES string of the molecule is COc1ccc([C@@H]2[C@H](C(=O)O)[C@H](C(=O)Nc3ccccc3)N3[C@H](c4ccc(OC)cc4)[C@H](C(=O)O)[C@H](C(=O)Nc4ccccc4)N23)cc1. The van der Waals surface area contributed by atoms with Gasteiger partial charge in [-0.1, -0.05) is 60.7 Å². The van der Waals surface area contributed by atoms with Gasteiger partial charge in [0.05, 0.1) is 26.3 Å². The molecule has 246 valence electrons. The average Bonchev–Trinajstić information content (AvgIpc) is 3.63. The number of benzene rings is 4. The van der Waals surface area contributed by atoms with E-state index in [1.807, 2.05) is 0 Å². The second kappa shape index (κ2) is 13.6. The van der Waals surface area contributed by atoms with Crippen LogP contribution in [-0.2, 0) is 19.2 Å². The van der Waals surface area contributed by atoms with Gasteiger partial charge in [0.1, 0.15) is 35.4 Å². The Balaban J connectivity index is 1.57. The molecule has 0 spiro atoms. The minimum absolute atomic E-state index is 0.430. The molecule has 2 aliphatic rings. The molecule has 4 aromatic rings. The lowest BCUT2D eigenvalue weighted by Gasteiger charge is -2.33. The van der Waals surface area contributed by atoms with Gasteiger partial charge in [-0.2, -0.15) is 0 Å². The van der Waals surface area contributed by atoms with Crippen LogP contribution in [0.1, 0.15) is 23.2 Å². The number of ether oxygens (including phenoxy) is 2. The minimum Gasteiger partial charge on any atom is -0.497 e. The lowest BCUT2D eigenvalue weighted by atomic mass is 9.82. The van der Waals surface area contributed by atoms with Crippen LogP contribution in [0, 0.1) is 11.8 Å². The molecule has 4 aromatic carbocycles. The van der Waals surface area contributed by atoms with Gasteiger partial charge in [-0.3, -0.25) is 19.2 Å². The van der Waals surface area contributed by atoms with Crippen LogP contribution in [0.25, 0.3) is 0 Å². The fourth-order valence-corrected chi connectivity index (χ4v) is 6.83. The van der Waals surface area contributed by atoms with Gasteiger partial charge in [0, 0.05) is 11.4 Å². The highest BCUT2D eigenvalue weighted by Gasteiger charge is 2.67. The Labute approximate surface area is 276 Å². The van der Waals surface area contributed by atoms with Crippen LogP contribution in [0.4, 0.5) is 11.4 Å². The van der Waals surface area contributed by atoms with E-state index in [2.05, 4.69) is 10.6 Å². The van der Waals surface area contributed by atoms with Crippen LogP contribution < -0.4 is 20.1 Å². The van der Waals surface area contributed by atoms with Crippen molar-refractivity contribution >= 4 is 35.1 Å². The van der Waals surface area contributed by atoms with Crippen molar-refractivity contribution in [2.45, 2.75) is 24.2 Å². The Hall–Kier alpha value is -5.72. The van der Waals surface area contributed by atoms with Crippen molar-refractivity contribution in [2.75, 3.05) is 24.9 Å². The number of anilines is 2. The van der Waals surface area contributed by atoms with Crippen molar-refractivity contribution in [1.82, 2.24) is 10.0 Å². The van der Waals surface area contributed by atoms with E-state index in [9.17, 15) is 29.4 Å². The van der Waals surface area contributed by atoms with Crippen molar-refractivity contribution in [1.29, 1.82) is 0 Å². The molecule has 2 amide bonds. The fraction of sp³-hybridized carbons (Fsp3) is 0.222. The van der Waals surface area contributed by atoms with Gasteiger partial charge in [-0.05, 0) is 59.7 Å². The van der Waals surface area contributed by atoms with E-state index in [1.165, 1.54) is 24.2 Å². The maximum Gasteiger partial charge on any atom is 0.310 e. The Kier molecular flexibility index (Phi) is 9.10. The first-order chi connectivity index (χ1) is 23.2. The molecule has 48 heavy (non-hydrogen) atoms. The summed E-state index contributed by atoms with van der Waals surface area (Å²) in [5.74, 6) is -5.74. The van der Waals surface area contributed by atoms with Crippen LogP contribution in [-0.4, -0.2) is 70.3 Å². The van der Waals surface area contributed by atoms with Gasteiger partial charge in [0.2, 0.25) is 11.8 Å². The van der Waals surface area contributed by atoms with Crippen LogP contribution in [0.3, 0.4) is 0 Å². The fourth-order valence-electron chi connectivity index (χ4n) is 6.83. The molecule has 0 unspecified atom stereocenters. The van der Waals surface area contributed by atoms with Gasteiger partial charge in [-0.25, -0.2) is 10.0 Å². The van der Waals surface area contributed by atoms with Crippen LogP contribution >= 0.6 is 0 Å². The normalized spacial score (nSPS) is 23.5. The second-order valence-electron chi connectivity index (χ2n) is 11.5. The zero-order valence-electron chi connectivity index (χ0n) is 26.1. The van der Waals surface area contributed by atoms with E-state index < -0.39 is 59.8 Å². The Morgan fingerprint density at radius 3 is 1.17 bits per heavy atom. The zero-order chi connectivity index (χ0) is 33.9. The molecule has 2 heterocycles. The number of amides is 2. The summed E-state index contributed by atoms with van der Waals surface area (Å²) in [7, 11) is 3.00. The smallest absolute Gasteiger partial charge is 0.310 e. The van der Waals surface area contributed by atoms with Crippen LogP contribution in [0.15, 0.2) is 109 Å². The first-order valence-corrected chi connectivity index (χ1v) is 15.3. The summed E-state index contributed by atoms with van der Waals surface area (Å²) in [5.41, 5.74) is 1.78. The number of rotatable bonds is 10. The predicted octanol–water partition coefficient (Wildman–Crippen LogP) is 4.45. The van der Waals surface area contributed by atoms with Crippen LogP contribution in [0.2, 0.25) is 0 Å². The molecule has 0 bridgehead atoms. The number of nitrogens with zero attached hydrogens (tertiary/aromatic N) is 2. The molecule has 12 nitrogen and oxygen atoms in total. The summed E-state index contributed by atoms with van der Waals surface area (Å²) >= 11 is 0. The number of hydrogen-bond acceptors (Lipinski definition) is 8. The average molecular weight is 651 g/mol. The molecule has 6 atom stereocenters. The standard InChI is InChI=1S/C36H34N4O8/c1-47-25-17-13-21(14-18-25)29-27(35(43)44)31(33(41)37-23-9-5-3-6-10-23)40-30(22-15-19-26(48-2)20-16-22)28(36(45)46)32(39(29)40)34(42)38-24-11-7-4-8-12-24/h3-20,27-32H,1-2H3,(H,37,41)(H,38,42)(H,43,44)(H,45,46)/t27-,28-,29+,30+,31+,32+/m0/s1. The van der Waals surface area contributed by atoms with Gasteiger partial charge >= 0.3 is 11.9 Å². The topological polar surface area (TPSA) is 158 Å². The first kappa shape index (κ1) is 32.2. The molecule has 0 radical (unpaired) electrons. The van der Waals surface area contributed by atoms with Crippen molar-refractivity contribution in [3.05, 3.63) is 120 Å². The molecule has 6 rings (SSSR count).